The van der Waals surface area contributed by atoms with Crippen molar-refractivity contribution in [2.45, 2.75) is 6.30 Å². The molecule has 60 valence electrons. The van der Waals surface area contributed by atoms with Gasteiger partial charge in [0.2, 0.25) is 0 Å². The first-order valence-corrected chi connectivity index (χ1v) is 3.75. The van der Waals surface area contributed by atoms with E-state index in [9.17, 15) is 9.18 Å². The van der Waals surface area contributed by atoms with Crippen molar-refractivity contribution in [2.24, 2.45) is 0 Å². The number of alkyl halides is 1. The SMILES string of the molecule is O=C(O)C(F)n1cc(I)cn1. The highest BCUT2D eigenvalue weighted by Crippen LogP contribution is 2.09. The third kappa shape index (κ3) is 1.88. The van der Waals surface area contributed by atoms with Crippen LogP contribution in [0.3, 0.4) is 0 Å². The van der Waals surface area contributed by atoms with Crippen molar-refractivity contribution >= 4 is 28.6 Å². The Hall–Kier alpha value is -0.660. The molecule has 1 heterocycles. The molecular weight excluding hydrogens is 266 g/mol. The zero-order valence-corrected chi connectivity index (χ0v) is 7.40. The second-order valence-electron chi connectivity index (χ2n) is 1.81. The zero-order valence-electron chi connectivity index (χ0n) is 5.24. The van der Waals surface area contributed by atoms with Gasteiger partial charge >= 0.3 is 5.97 Å². The number of hydrogen-bond donors (Lipinski definition) is 1. The second kappa shape index (κ2) is 3.16. The van der Waals surface area contributed by atoms with Gasteiger partial charge in [-0.3, -0.25) is 0 Å². The first-order valence-electron chi connectivity index (χ1n) is 2.68. The van der Waals surface area contributed by atoms with Gasteiger partial charge in [-0.1, -0.05) is 0 Å². The molecular formula is C5H4FIN2O2. The van der Waals surface area contributed by atoms with E-state index in [-0.39, 0.29) is 0 Å². The van der Waals surface area contributed by atoms with E-state index in [0.29, 0.717) is 3.57 Å². The van der Waals surface area contributed by atoms with Crippen molar-refractivity contribution < 1.29 is 14.3 Å². The molecule has 1 atom stereocenters. The monoisotopic (exact) mass is 270 g/mol. The van der Waals surface area contributed by atoms with Gasteiger partial charge in [-0.15, -0.1) is 0 Å². The fraction of sp³-hybridized carbons (Fsp3) is 0.200. The summed E-state index contributed by atoms with van der Waals surface area (Å²) in [7, 11) is 0. The Kier molecular flexibility index (Phi) is 2.42. The van der Waals surface area contributed by atoms with Crippen molar-refractivity contribution in [1.29, 1.82) is 0 Å². The maximum Gasteiger partial charge on any atom is 0.361 e. The highest BCUT2D eigenvalue weighted by atomic mass is 127. The maximum atomic E-state index is 12.6. The van der Waals surface area contributed by atoms with Gasteiger partial charge < -0.3 is 5.11 Å². The highest BCUT2D eigenvalue weighted by Gasteiger charge is 2.17. The minimum atomic E-state index is -2.08. The first kappa shape index (κ1) is 8.44. The third-order valence-electron chi connectivity index (χ3n) is 1.01. The number of hydrogen-bond acceptors (Lipinski definition) is 2. The highest BCUT2D eigenvalue weighted by molar-refractivity contribution is 14.1. The summed E-state index contributed by atoms with van der Waals surface area (Å²) in [6, 6.07) is 0. The molecule has 1 aromatic heterocycles. The lowest BCUT2D eigenvalue weighted by molar-refractivity contribution is -0.146. The van der Waals surface area contributed by atoms with Gasteiger partial charge in [-0.25, -0.2) is 13.9 Å². The van der Waals surface area contributed by atoms with E-state index in [0.717, 1.165) is 4.68 Å². The number of carboxylic acids is 1. The standard InChI is InChI=1S/C5H4FIN2O2/c6-4(5(10)11)9-2-3(7)1-8-9/h1-2,4H,(H,10,11). The minimum Gasteiger partial charge on any atom is -0.478 e. The summed E-state index contributed by atoms with van der Waals surface area (Å²) < 4.78 is 14.0. The van der Waals surface area contributed by atoms with Crippen LogP contribution in [0.1, 0.15) is 6.30 Å². The molecule has 1 rings (SSSR count). The van der Waals surface area contributed by atoms with Crippen LogP contribution in [0.25, 0.3) is 0 Å². The van der Waals surface area contributed by atoms with Gasteiger partial charge in [0.1, 0.15) is 0 Å². The number of aliphatic carboxylic acids is 1. The van der Waals surface area contributed by atoms with Crippen molar-refractivity contribution in [2.75, 3.05) is 0 Å². The number of rotatable bonds is 2. The van der Waals surface area contributed by atoms with Gasteiger partial charge in [-0.2, -0.15) is 5.10 Å². The Morgan fingerprint density at radius 3 is 2.91 bits per heavy atom. The Labute approximate surface area is 75.2 Å². The summed E-state index contributed by atoms with van der Waals surface area (Å²) in [5.41, 5.74) is 0. The lowest BCUT2D eigenvalue weighted by Crippen LogP contribution is -2.14. The number of aromatic nitrogens is 2. The topological polar surface area (TPSA) is 55.1 Å². The van der Waals surface area contributed by atoms with Crippen LogP contribution in [0.5, 0.6) is 0 Å². The number of nitrogens with zero attached hydrogens (tertiary/aromatic N) is 2. The Balaban J connectivity index is 2.84. The molecule has 0 fully saturated rings. The molecule has 1 N–H and O–H groups in total. The molecule has 0 aliphatic carbocycles. The molecule has 0 spiro atoms. The van der Waals surface area contributed by atoms with Crippen molar-refractivity contribution in [3.05, 3.63) is 16.0 Å². The maximum absolute atomic E-state index is 12.6. The van der Waals surface area contributed by atoms with Crippen LogP contribution in [-0.2, 0) is 4.79 Å². The summed E-state index contributed by atoms with van der Waals surface area (Å²) in [5.74, 6) is -1.54. The Bertz CT molecular complexity index is 275. The van der Waals surface area contributed by atoms with Crippen LogP contribution in [0.2, 0.25) is 0 Å². The van der Waals surface area contributed by atoms with Crippen molar-refractivity contribution in [3.63, 3.8) is 0 Å². The summed E-state index contributed by atoms with van der Waals surface area (Å²) in [5, 5.41) is 11.7. The summed E-state index contributed by atoms with van der Waals surface area (Å²) >= 11 is 1.91. The largest absolute Gasteiger partial charge is 0.478 e. The normalized spacial score (nSPS) is 12.9. The van der Waals surface area contributed by atoms with Gasteiger partial charge in [0.15, 0.2) is 0 Å². The molecule has 0 aliphatic heterocycles. The van der Waals surface area contributed by atoms with Gasteiger partial charge in [0.05, 0.1) is 9.77 Å². The van der Waals surface area contributed by atoms with Crippen molar-refractivity contribution in [3.8, 4) is 0 Å². The van der Waals surface area contributed by atoms with Gasteiger partial charge in [0.25, 0.3) is 6.30 Å². The van der Waals surface area contributed by atoms with Crippen LogP contribution in [0.15, 0.2) is 12.4 Å². The van der Waals surface area contributed by atoms with E-state index in [1.807, 2.05) is 22.6 Å². The van der Waals surface area contributed by atoms with Crippen LogP contribution < -0.4 is 0 Å². The smallest absolute Gasteiger partial charge is 0.361 e. The predicted molar refractivity (Wildman–Crippen MR) is 42.7 cm³/mol. The van der Waals surface area contributed by atoms with E-state index in [2.05, 4.69) is 5.10 Å². The number of carbonyl (C=O) groups is 1. The first-order chi connectivity index (χ1) is 5.11. The van der Waals surface area contributed by atoms with E-state index < -0.39 is 12.3 Å². The van der Waals surface area contributed by atoms with Crippen LogP contribution in [0.4, 0.5) is 4.39 Å². The molecule has 0 saturated heterocycles. The summed E-state index contributed by atoms with van der Waals surface area (Å²) in [6.07, 6.45) is 0.619. The Morgan fingerprint density at radius 1 is 1.91 bits per heavy atom. The Morgan fingerprint density at radius 2 is 2.55 bits per heavy atom. The van der Waals surface area contributed by atoms with E-state index in [1.54, 1.807) is 0 Å². The number of halogens is 2. The minimum absolute atomic E-state index is 0.700. The molecule has 1 aromatic rings. The molecule has 6 heteroatoms. The molecule has 0 radical (unpaired) electrons. The van der Waals surface area contributed by atoms with Crippen LogP contribution in [-0.4, -0.2) is 20.9 Å². The molecule has 4 nitrogen and oxygen atoms in total. The summed E-state index contributed by atoms with van der Waals surface area (Å²) in [4.78, 5) is 10.1. The van der Waals surface area contributed by atoms with Crippen molar-refractivity contribution in [1.82, 2.24) is 9.78 Å². The average Bonchev–Trinajstić information content (AvgIpc) is 2.34. The predicted octanol–water partition coefficient (Wildman–Crippen LogP) is 1.04. The third-order valence-corrected chi connectivity index (χ3v) is 1.56. The fourth-order valence-corrected chi connectivity index (χ4v) is 0.962. The molecule has 0 bridgehead atoms. The number of carboxylic acid groups (broad SMARTS) is 1. The van der Waals surface area contributed by atoms with E-state index in [4.69, 9.17) is 5.11 Å². The van der Waals surface area contributed by atoms with Crippen LogP contribution >= 0.6 is 22.6 Å². The molecule has 0 saturated carbocycles. The zero-order chi connectivity index (χ0) is 8.43. The average molecular weight is 270 g/mol. The molecule has 0 amide bonds. The van der Waals surface area contributed by atoms with E-state index in [1.165, 1.54) is 12.4 Å². The van der Waals surface area contributed by atoms with Gasteiger partial charge in [0, 0.05) is 6.20 Å². The molecule has 0 aromatic carbocycles. The fourth-order valence-electron chi connectivity index (χ4n) is 0.552. The van der Waals surface area contributed by atoms with E-state index >= 15 is 0 Å². The van der Waals surface area contributed by atoms with Gasteiger partial charge in [-0.05, 0) is 22.6 Å². The lowest BCUT2D eigenvalue weighted by Gasteiger charge is -2.00. The quantitative estimate of drug-likeness (QED) is 0.817. The second-order valence-corrected chi connectivity index (χ2v) is 3.06. The molecule has 11 heavy (non-hydrogen) atoms. The van der Waals surface area contributed by atoms with Crippen LogP contribution in [0, 0.1) is 3.57 Å². The molecule has 0 aliphatic rings. The summed E-state index contributed by atoms with van der Waals surface area (Å²) in [6.45, 7) is 0. The molecule has 1 unspecified atom stereocenters. The lowest BCUT2D eigenvalue weighted by atomic mass is 10.6.